The highest BCUT2D eigenvalue weighted by atomic mass is 16.5. The van der Waals surface area contributed by atoms with Crippen molar-refractivity contribution in [1.29, 1.82) is 0 Å². The molecule has 2 rings (SSSR count). The van der Waals surface area contributed by atoms with Gasteiger partial charge in [-0.25, -0.2) is 0 Å². The highest BCUT2D eigenvalue weighted by molar-refractivity contribution is 5.78. The van der Waals surface area contributed by atoms with Crippen molar-refractivity contribution in [3.63, 3.8) is 0 Å². The average Bonchev–Trinajstić information content (AvgIpc) is 2.75. The number of hydrogen-bond acceptors (Lipinski definition) is 4. The highest BCUT2D eigenvalue weighted by Crippen LogP contribution is 2.09. The van der Waals surface area contributed by atoms with Crippen LogP contribution >= 0.6 is 0 Å². The molecule has 0 spiro atoms. The molecule has 2 aliphatic rings. The summed E-state index contributed by atoms with van der Waals surface area (Å²) in [6.45, 7) is 6.49. The Hall–Kier alpha value is -1.65. The maximum Gasteiger partial charge on any atom is 0.220 e. The number of ether oxygens (including phenoxy) is 1. The van der Waals surface area contributed by atoms with E-state index in [2.05, 4.69) is 16.2 Å². The van der Waals surface area contributed by atoms with Gasteiger partial charge in [-0.3, -0.25) is 10.2 Å². The van der Waals surface area contributed by atoms with Gasteiger partial charge in [-0.2, -0.15) is 0 Å². The van der Waals surface area contributed by atoms with Crippen LogP contribution in [-0.4, -0.2) is 18.6 Å². The first-order valence-electron chi connectivity index (χ1n) is 6.06. The van der Waals surface area contributed by atoms with Crippen LogP contribution in [0.1, 0.15) is 33.6 Å². The number of carbonyl (C=O) groups excluding carboxylic acids is 1. The summed E-state index contributed by atoms with van der Waals surface area (Å²) in [4.78, 5) is 10.9. The lowest BCUT2D eigenvalue weighted by Gasteiger charge is -2.18. The zero-order valence-electron chi connectivity index (χ0n) is 10.7. The molecule has 0 aromatic rings. The fourth-order valence-corrected chi connectivity index (χ4v) is 1.58. The molecule has 0 aromatic carbocycles. The van der Waals surface area contributed by atoms with E-state index in [9.17, 15) is 4.79 Å². The van der Waals surface area contributed by atoms with Gasteiger partial charge in [-0.1, -0.05) is 13.8 Å². The van der Waals surface area contributed by atoms with E-state index in [1.165, 1.54) is 0 Å². The van der Waals surface area contributed by atoms with Crippen LogP contribution < -0.4 is 16.2 Å². The maximum atomic E-state index is 10.9. The minimum absolute atomic E-state index is 0.114. The molecule has 96 valence electrons. The number of nitrogens with one attached hydrogen (secondary N) is 3. The van der Waals surface area contributed by atoms with Crippen molar-refractivity contribution < 1.29 is 9.53 Å². The molecule has 1 fully saturated rings. The molecule has 5 nitrogen and oxygen atoms in total. The lowest BCUT2D eigenvalue weighted by Crippen LogP contribution is -2.34. The molecule has 0 bridgehead atoms. The van der Waals surface area contributed by atoms with Crippen LogP contribution in [0.25, 0.3) is 0 Å². The van der Waals surface area contributed by atoms with Crippen molar-refractivity contribution in [1.82, 2.24) is 16.2 Å². The number of allylic oxidation sites excluding steroid dienone is 2. The van der Waals surface area contributed by atoms with Gasteiger partial charge in [0, 0.05) is 18.7 Å². The van der Waals surface area contributed by atoms with Crippen molar-refractivity contribution in [3.8, 4) is 0 Å². The lowest BCUT2D eigenvalue weighted by molar-refractivity contribution is -0.119. The summed E-state index contributed by atoms with van der Waals surface area (Å²) >= 11 is 0. The molecule has 1 unspecified atom stereocenters. The van der Waals surface area contributed by atoms with E-state index in [1.807, 2.05) is 33.0 Å². The Labute approximate surface area is 102 Å². The van der Waals surface area contributed by atoms with Crippen LogP contribution in [0.3, 0.4) is 0 Å². The van der Waals surface area contributed by atoms with Gasteiger partial charge in [0.15, 0.2) is 0 Å². The minimum atomic E-state index is 0.114. The minimum Gasteiger partial charge on any atom is -0.476 e. The highest BCUT2D eigenvalue weighted by Gasteiger charge is 2.21. The van der Waals surface area contributed by atoms with Crippen LogP contribution in [-0.2, 0) is 9.53 Å². The molecule has 1 atom stereocenters. The Morgan fingerprint density at radius 3 is 2.82 bits per heavy atom. The molecular weight excluding hydrogens is 218 g/mol. The van der Waals surface area contributed by atoms with Crippen molar-refractivity contribution in [2.45, 2.75) is 39.7 Å². The molecular formula is C12H21N3O2. The number of amides is 1. The average molecular weight is 239 g/mol. The summed E-state index contributed by atoms with van der Waals surface area (Å²) in [5.41, 5.74) is 6.86. The molecule has 0 aromatic heterocycles. The van der Waals surface area contributed by atoms with E-state index in [4.69, 9.17) is 4.74 Å². The standard InChI is InChI=1S/C10H15N3O2.C2H6/c1-7-4-10(13-11-5-7)15-6-8-2-3-9(14)12-8;1-2/h4-5,8,11,13H,2-3,6H2,1H3,(H,12,14);1-2H3. The number of hydrazine groups is 1. The summed E-state index contributed by atoms with van der Waals surface area (Å²) in [7, 11) is 0. The summed E-state index contributed by atoms with van der Waals surface area (Å²) in [5.74, 6) is 0.805. The Kier molecular flexibility index (Phi) is 5.39. The van der Waals surface area contributed by atoms with Gasteiger partial charge in [0.05, 0.1) is 6.04 Å². The van der Waals surface area contributed by atoms with Crippen LogP contribution in [0.2, 0.25) is 0 Å². The normalized spacial score (nSPS) is 22.1. The van der Waals surface area contributed by atoms with Crippen molar-refractivity contribution in [3.05, 3.63) is 23.7 Å². The SMILES string of the molecule is CC.CC1=CNNC(OCC2CCC(=O)N2)=C1. The largest absolute Gasteiger partial charge is 0.476 e. The van der Waals surface area contributed by atoms with Crippen molar-refractivity contribution in [2.24, 2.45) is 0 Å². The molecule has 0 saturated carbocycles. The molecule has 0 aliphatic carbocycles. The van der Waals surface area contributed by atoms with Crippen LogP contribution in [0.5, 0.6) is 0 Å². The summed E-state index contributed by atoms with van der Waals surface area (Å²) in [5, 5.41) is 2.85. The molecule has 1 amide bonds. The Morgan fingerprint density at radius 2 is 2.24 bits per heavy atom. The molecule has 2 heterocycles. The second-order valence-corrected chi connectivity index (χ2v) is 3.78. The second-order valence-electron chi connectivity index (χ2n) is 3.78. The van der Waals surface area contributed by atoms with E-state index in [1.54, 1.807) is 0 Å². The first kappa shape index (κ1) is 13.4. The molecule has 5 heteroatoms. The monoisotopic (exact) mass is 239 g/mol. The summed E-state index contributed by atoms with van der Waals surface area (Å²) in [6, 6.07) is 0.145. The summed E-state index contributed by atoms with van der Waals surface area (Å²) < 4.78 is 5.52. The fraction of sp³-hybridized carbons (Fsp3) is 0.583. The first-order chi connectivity index (χ1) is 8.24. The number of hydrogen-bond donors (Lipinski definition) is 3. The first-order valence-corrected chi connectivity index (χ1v) is 6.06. The smallest absolute Gasteiger partial charge is 0.220 e. The Morgan fingerprint density at radius 1 is 1.47 bits per heavy atom. The zero-order chi connectivity index (χ0) is 12.7. The van der Waals surface area contributed by atoms with Gasteiger partial charge in [-0.05, 0) is 18.9 Å². The van der Waals surface area contributed by atoms with Crippen LogP contribution in [0, 0.1) is 0 Å². The van der Waals surface area contributed by atoms with E-state index < -0.39 is 0 Å². The lowest BCUT2D eigenvalue weighted by atomic mass is 10.2. The molecule has 2 aliphatic heterocycles. The Bertz CT molecular complexity index is 324. The number of carbonyl (C=O) groups is 1. The molecule has 0 radical (unpaired) electrons. The zero-order valence-corrected chi connectivity index (χ0v) is 10.7. The van der Waals surface area contributed by atoms with Crippen molar-refractivity contribution >= 4 is 5.91 Å². The van der Waals surface area contributed by atoms with Gasteiger partial charge in [0.1, 0.15) is 6.61 Å². The predicted octanol–water partition coefficient (Wildman–Crippen LogP) is 1.16. The van der Waals surface area contributed by atoms with Gasteiger partial charge in [-0.15, -0.1) is 0 Å². The van der Waals surface area contributed by atoms with Crippen LogP contribution in [0.15, 0.2) is 23.7 Å². The van der Waals surface area contributed by atoms with Gasteiger partial charge < -0.3 is 15.5 Å². The van der Waals surface area contributed by atoms with E-state index in [0.717, 1.165) is 12.0 Å². The predicted molar refractivity (Wildman–Crippen MR) is 66.6 cm³/mol. The van der Waals surface area contributed by atoms with Crippen LogP contribution in [0.4, 0.5) is 0 Å². The summed E-state index contributed by atoms with van der Waals surface area (Å²) in [6.07, 6.45) is 5.23. The number of rotatable bonds is 3. The topological polar surface area (TPSA) is 62.4 Å². The maximum absolute atomic E-state index is 10.9. The third-order valence-corrected chi connectivity index (χ3v) is 2.38. The van der Waals surface area contributed by atoms with Gasteiger partial charge >= 0.3 is 0 Å². The second kappa shape index (κ2) is 6.83. The van der Waals surface area contributed by atoms with Crippen molar-refractivity contribution in [2.75, 3.05) is 6.61 Å². The molecule has 17 heavy (non-hydrogen) atoms. The fourth-order valence-electron chi connectivity index (χ4n) is 1.58. The Balaban J connectivity index is 0.000000686. The molecule has 3 N–H and O–H groups in total. The van der Waals surface area contributed by atoms with Gasteiger partial charge in [0.25, 0.3) is 0 Å². The van der Waals surface area contributed by atoms with E-state index in [-0.39, 0.29) is 11.9 Å². The van der Waals surface area contributed by atoms with Gasteiger partial charge in [0.2, 0.25) is 11.8 Å². The third kappa shape index (κ3) is 4.38. The van der Waals surface area contributed by atoms with E-state index >= 15 is 0 Å². The quantitative estimate of drug-likeness (QED) is 0.691. The van der Waals surface area contributed by atoms with E-state index in [0.29, 0.717) is 18.9 Å². The molecule has 1 saturated heterocycles. The third-order valence-electron chi connectivity index (χ3n) is 2.38.